The highest BCUT2D eigenvalue weighted by Gasteiger charge is 2.28. The second-order valence-corrected chi connectivity index (χ2v) is 9.04. The Labute approximate surface area is 197 Å². The number of hydrogen-bond donors (Lipinski definition) is 3. The fourth-order valence-corrected chi connectivity index (χ4v) is 4.38. The average Bonchev–Trinajstić information content (AvgIpc) is 2.82. The molecule has 0 aliphatic heterocycles. The molecular formula is C26H37N5O2. The van der Waals surface area contributed by atoms with Crippen molar-refractivity contribution in [2.45, 2.75) is 59.4 Å². The van der Waals surface area contributed by atoms with E-state index in [9.17, 15) is 4.79 Å². The Morgan fingerprint density at radius 1 is 1.18 bits per heavy atom. The van der Waals surface area contributed by atoms with Gasteiger partial charge in [-0.15, -0.1) is 0 Å². The number of likely N-dealkylation sites (N-methyl/N-ethyl adjacent to an activating group) is 1. The van der Waals surface area contributed by atoms with Crippen LogP contribution in [-0.2, 0) is 9.63 Å². The fraction of sp³-hybridized carbons (Fsp3) is 0.500. The van der Waals surface area contributed by atoms with Crippen LogP contribution < -0.4 is 16.1 Å². The zero-order chi connectivity index (χ0) is 23.8. The molecule has 1 fully saturated rings. The van der Waals surface area contributed by atoms with Crippen molar-refractivity contribution < 1.29 is 9.63 Å². The van der Waals surface area contributed by atoms with E-state index in [1.165, 1.54) is 12.8 Å². The summed E-state index contributed by atoms with van der Waals surface area (Å²) in [7, 11) is 1.76. The second kappa shape index (κ2) is 11.8. The van der Waals surface area contributed by atoms with Gasteiger partial charge in [-0.05, 0) is 74.8 Å². The van der Waals surface area contributed by atoms with Gasteiger partial charge in [0, 0.05) is 30.7 Å². The molecule has 1 saturated carbocycles. The molecule has 178 valence electrons. The van der Waals surface area contributed by atoms with Crippen LogP contribution in [0.5, 0.6) is 0 Å². The molecule has 0 spiro atoms. The number of pyridine rings is 2. The van der Waals surface area contributed by atoms with Crippen LogP contribution in [0.15, 0.2) is 42.4 Å². The van der Waals surface area contributed by atoms with Crippen molar-refractivity contribution in [3.63, 3.8) is 0 Å². The topological polar surface area (TPSA) is 88.2 Å². The summed E-state index contributed by atoms with van der Waals surface area (Å²) in [6, 6.07) is 5.92. The monoisotopic (exact) mass is 451 g/mol. The minimum Gasteiger partial charge on any atom is -0.384 e. The van der Waals surface area contributed by atoms with Gasteiger partial charge >= 0.3 is 0 Å². The number of rotatable bonds is 9. The van der Waals surface area contributed by atoms with Crippen molar-refractivity contribution in [1.82, 2.24) is 20.6 Å². The van der Waals surface area contributed by atoms with Gasteiger partial charge in [0.2, 0.25) is 0 Å². The first-order valence-corrected chi connectivity index (χ1v) is 11.8. The second-order valence-electron chi connectivity index (χ2n) is 9.04. The lowest BCUT2D eigenvalue weighted by molar-refractivity contribution is -0.119. The highest BCUT2D eigenvalue weighted by atomic mass is 16.6. The van der Waals surface area contributed by atoms with Crippen LogP contribution in [-0.4, -0.2) is 35.6 Å². The van der Waals surface area contributed by atoms with Gasteiger partial charge in [0.15, 0.2) is 0 Å². The molecular weight excluding hydrogens is 414 g/mol. The first kappa shape index (κ1) is 24.7. The number of hydrogen-bond acceptors (Lipinski definition) is 6. The van der Waals surface area contributed by atoms with E-state index in [1.54, 1.807) is 13.1 Å². The molecule has 0 saturated heterocycles. The first-order valence-electron chi connectivity index (χ1n) is 11.8. The summed E-state index contributed by atoms with van der Waals surface area (Å²) in [5.74, 6) is 1.68. The lowest BCUT2D eigenvalue weighted by atomic mass is 9.79. The molecule has 1 aliphatic rings. The van der Waals surface area contributed by atoms with Gasteiger partial charge in [0.05, 0.1) is 18.3 Å². The minimum absolute atomic E-state index is 0.0671. The Kier molecular flexibility index (Phi) is 8.83. The van der Waals surface area contributed by atoms with E-state index in [2.05, 4.69) is 39.1 Å². The number of carbonyl (C=O) groups is 1. The molecule has 7 nitrogen and oxygen atoms in total. The van der Waals surface area contributed by atoms with Crippen molar-refractivity contribution in [3.8, 4) is 11.1 Å². The SMILES string of the molecule is C/C=C(\NC)C(=O)N[C@H](CONc1ccc(-c2cc(C)ncc2C)cn1)C1CCC(C)CC1. The van der Waals surface area contributed by atoms with E-state index < -0.39 is 0 Å². The Morgan fingerprint density at radius 3 is 2.58 bits per heavy atom. The van der Waals surface area contributed by atoms with E-state index in [-0.39, 0.29) is 11.9 Å². The lowest BCUT2D eigenvalue weighted by Gasteiger charge is -2.33. The zero-order valence-corrected chi connectivity index (χ0v) is 20.4. The Bertz CT molecular complexity index is 950. The van der Waals surface area contributed by atoms with Crippen LogP contribution in [0.1, 0.15) is 50.8 Å². The van der Waals surface area contributed by atoms with Crippen LogP contribution in [0.25, 0.3) is 11.1 Å². The van der Waals surface area contributed by atoms with Crippen molar-refractivity contribution >= 4 is 11.7 Å². The van der Waals surface area contributed by atoms with Gasteiger partial charge in [-0.2, -0.15) is 0 Å². The predicted octanol–water partition coefficient (Wildman–Crippen LogP) is 4.54. The zero-order valence-electron chi connectivity index (χ0n) is 20.4. The molecule has 33 heavy (non-hydrogen) atoms. The normalized spacial score (nSPS) is 19.6. The predicted molar refractivity (Wildman–Crippen MR) is 132 cm³/mol. The van der Waals surface area contributed by atoms with Gasteiger partial charge in [0.25, 0.3) is 5.91 Å². The van der Waals surface area contributed by atoms with Gasteiger partial charge in [-0.25, -0.2) is 10.5 Å². The van der Waals surface area contributed by atoms with Crippen LogP contribution in [0.2, 0.25) is 0 Å². The summed E-state index contributed by atoms with van der Waals surface area (Å²) in [6.07, 6.45) is 10.1. The number of anilines is 1. The highest BCUT2D eigenvalue weighted by Crippen LogP contribution is 2.31. The summed E-state index contributed by atoms with van der Waals surface area (Å²) in [5.41, 5.74) is 7.77. The average molecular weight is 452 g/mol. The Hall–Kier alpha value is -2.93. The van der Waals surface area contributed by atoms with Crippen molar-refractivity contribution in [2.24, 2.45) is 11.8 Å². The molecule has 0 unspecified atom stereocenters. The van der Waals surface area contributed by atoms with Gasteiger partial charge in [-0.3, -0.25) is 14.6 Å². The summed E-state index contributed by atoms with van der Waals surface area (Å²) in [4.78, 5) is 27.3. The molecule has 3 rings (SSSR count). The minimum atomic E-state index is -0.0993. The van der Waals surface area contributed by atoms with Gasteiger partial charge in [-0.1, -0.05) is 25.8 Å². The van der Waals surface area contributed by atoms with Gasteiger partial charge in [0.1, 0.15) is 5.82 Å². The van der Waals surface area contributed by atoms with Crippen molar-refractivity contribution in [3.05, 3.63) is 53.6 Å². The molecule has 0 radical (unpaired) electrons. The third kappa shape index (κ3) is 6.78. The molecule has 2 aromatic rings. The molecule has 7 heteroatoms. The van der Waals surface area contributed by atoms with E-state index in [4.69, 9.17) is 4.84 Å². The summed E-state index contributed by atoms with van der Waals surface area (Å²) in [5, 5.41) is 6.12. The number of aryl methyl sites for hydroxylation is 2. The van der Waals surface area contributed by atoms with Crippen molar-refractivity contribution in [2.75, 3.05) is 19.1 Å². The molecule has 1 atom stereocenters. The van der Waals surface area contributed by atoms with Crippen LogP contribution in [0.4, 0.5) is 5.82 Å². The van der Waals surface area contributed by atoms with E-state index in [1.807, 2.05) is 45.3 Å². The highest BCUT2D eigenvalue weighted by molar-refractivity contribution is 5.92. The Morgan fingerprint density at radius 2 is 1.94 bits per heavy atom. The molecule has 2 aromatic heterocycles. The van der Waals surface area contributed by atoms with Gasteiger partial charge < -0.3 is 10.6 Å². The summed E-state index contributed by atoms with van der Waals surface area (Å²) >= 11 is 0. The number of amides is 1. The number of aromatic nitrogens is 2. The standard InChI is InChI=1S/C26H37N5O2/c1-6-23(27-5)26(32)30-24(20-9-7-17(2)8-10-20)16-33-31-25-12-11-21(15-29-25)22-13-19(4)28-14-18(22)3/h6,11-15,17,20,24,27H,7-10,16H2,1-5H3,(H,29,31)(H,30,32)/b23-6-/t17?,20?,24-/m1/s1. The molecule has 0 aromatic carbocycles. The third-order valence-corrected chi connectivity index (χ3v) is 6.50. The van der Waals surface area contributed by atoms with Crippen LogP contribution in [0.3, 0.4) is 0 Å². The van der Waals surface area contributed by atoms with Crippen LogP contribution in [0, 0.1) is 25.7 Å². The molecule has 0 bridgehead atoms. The Balaban J connectivity index is 1.61. The number of allylic oxidation sites excluding steroid dienone is 1. The summed E-state index contributed by atoms with van der Waals surface area (Å²) < 4.78 is 0. The number of carbonyl (C=O) groups excluding carboxylic acids is 1. The van der Waals surface area contributed by atoms with Crippen LogP contribution >= 0.6 is 0 Å². The molecule has 1 aliphatic carbocycles. The fourth-order valence-electron chi connectivity index (χ4n) is 4.38. The molecule has 3 N–H and O–H groups in total. The van der Waals surface area contributed by atoms with E-state index in [0.29, 0.717) is 24.0 Å². The first-order chi connectivity index (χ1) is 15.9. The maximum atomic E-state index is 12.6. The number of nitrogens with one attached hydrogen (secondary N) is 3. The molecule has 2 heterocycles. The maximum Gasteiger partial charge on any atom is 0.267 e. The maximum absolute atomic E-state index is 12.6. The number of nitrogens with zero attached hydrogens (tertiary/aromatic N) is 2. The lowest BCUT2D eigenvalue weighted by Crippen LogP contribution is -2.46. The largest absolute Gasteiger partial charge is 0.384 e. The van der Waals surface area contributed by atoms with Crippen molar-refractivity contribution in [1.29, 1.82) is 0 Å². The third-order valence-electron chi connectivity index (χ3n) is 6.50. The summed E-state index contributed by atoms with van der Waals surface area (Å²) in [6.45, 7) is 8.55. The quantitative estimate of drug-likeness (QED) is 0.383. The molecule has 1 amide bonds. The van der Waals surface area contributed by atoms with E-state index in [0.717, 1.165) is 41.1 Å². The smallest absolute Gasteiger partial charge is 0.267 e. The van der Waals surface area contributed by atoms with E-state index >= 15 is 0 Å².